The minimum absolute atomic E-state index is 0.0730. The summed E-state index contributed by atoms with van der Waals surface area (Å²) in [4.78, 5) is 26.7. The van der Waals surface area contributed by atoms with Crippen LogP contribution in [0.5, 0.6) is 5.75 Å². The van der Waals surface area contributed by atoms with Crippen LogP contribution in [0.25, 0.3) is 11.0 Å². The highest BCUT2D eigenvalue weighted by Gasteiger charge is 2.37. The fraction of sp³-hybridized carbons (Fsp3) is 0.619. The molecular weight excluding hydrogens is 342 g/mol. The SMILES string of the molecule is COc1ccc2c(c1)n(CCN)c(=O)n2C(=O)[C@H]1C[C@@H](C)CC[C@@H]1C(C)C. The number of nitrogens with two attached hydrogens (primary N) is 1. The summed E-state index contributed by atoms with van der Waals surface area (Å²) in [7, 11) is 1.59. The van der Waals surface area contributed by atoms with E-state index in [1.54, 1.807) is 29.9 Å². The van der Waals surface area contributed by atoms with Gasteiger partial charge in [-0.3, -0.25) is 9.36 Å². The third-order valence-electron chi connectivity index (χ3n) is 6.05. The summed E-state index contributed by atoms with van der Waals surface area (Å²) in [6.45, 7) is 7.25. The van der Waals surface area contributed by atoms with Crippen molar-refractivity contribution in [3.05, 3.63) is 28.7 Å². The van der Waals surface area contributed by atoms with Crippen LogP contribution >= 0.6 is 0 Å². The van der Waals surface area contributed by atoms with Gasteiger partial charge in [-0.15, -0.1) is 0 Å². The van der Waals surface area contributed by atoms with Crippen molar-refractivity contribution >= 4 is 16.9 Å². The molecule has 1 aromatic heterocycles. The molecule has 27 heavy (non-hydrogen) atoms. The molecule has 3 atom stereocenters. The topological polar surface area (TPSA) is 79.2 Å². The lowest BCUT2D eigenvalue weighted by Gasteiger charge is -2.36. The van der Waals surface area contributed by atoms with E-state index in [4.69, 9.17) is 10.5 Å². The highest BCUT2D eigenvalue weighted by Crippen LogP contribution is 2.39. The van der Waals surface area contributed by atoms with Crippen LogP contribution in [0.3, 0.4) is 0 Å². The Labute approximate surface area is 160 Å². The van der Waals surface area contributed by atoms with Gasteiger partial charge in [0.1, 0.15) is 5.75 Å². The Morgan fingerprint density at radius 3 is 2.67 bits per heavy atom. The highest BCUT2D eigenvalue weighted by atomic mass is 16.5. The highest BCUT2D eigenvalue weighted by molar-refractivity contribution is 5.92. The summed E-state index contributed by atoms with van der Waals surface area (Å²) in [6, 6.07) is 5.40. The molecule has 0 unspecified atom stereocenters. The second-order valence-corrected chi connectivity index (χ2v) is 8.18. The smallest absolute Gasteiger partial charge is 0.336 e. The lowest BCUT2D eigenvalue weighted by Crippen LogP contribution is -2.40. The molecular formula is C21H31N3O3. The molecule has 0 spiro atoms. The van der Waals surface area contributed by atoms with Crippen LogP contribution < -0.4 is 16.2 Å². The van der Waals surface area contributed by atoms with Crippen LogP contribution in [0.15, 0.2) is 23.0 Å². The molecule has 6 heteroatoms. The average molecular weight is 373 g/mol. The lowest BCUT2D eigenvalue weighted by molar-refractivity contribution is 0.0633. The number of rotatable bonds is 5. The Balaban J connectivity index is 2.13. The number of imidazole rings is 1. The Hall–Kier alpha value is -2.08. The molecule has 3 rings (SSSR count). The van der Waals surface area contributed by atoms with Gasteiger partial charge in [0.25, 0.3) is 0 Å². The quantitative estimate of drug-likeness (QED) is 0.873. The number of methoxy groups -OCH3 is 1. The van der Waals surface area contributed by atoms with Crippen molar-refractivity contribution in [2.24, 2.45) is 29.4 Å². The fourth-order valence-corrected chi connectivity index (χ4v) is 4.57. The van der Waals surface area contributed by atoms with E-state index in [0.717, 1.165) is 19.3 Å². The summed E-state index contributed by atoms with van der Waals surface area (Å²) in [5.41, 5.74) is 6.75. The van der Waals surface area contributed by atoms with Crippen LogP contribution in [0.4, 0.5) is 0 Å². The van der Waals surface area contributed by atoms with Gasteiger partial charge in [-0.25, -0.2) is 9.36 Å². The Bertz CT molecular complexity index is 881. The van der Waals surface area contributed by atoms with Gasteiger partial charge in [0.2, 0.25) is 5.91 Å². The van der Waals surface area contributed by atoms with Gasteiger partial charge in [0, 0.05) is 25.1 Å². The summed E-state index contributed by atoms with van der Waals surface area (Å²) in [5.74, 6) is 1.69. The molecule has 0 saturated heterocycles. The van der Waals surface area contributed by atoms with Crippen LogP contribution in [-0.4, -0.2) is 28.7 Å². The van der Waals surface area contributed by atoms with Crippen molar-refractivity contribution in [1.82, 2.24) is 9.13 Å². The van der Waals surface area contributed by atoms with E-state index < -0.39 is 0 Å². The predicted octanol–water partition coefficient (Wildman–Crippen LogP) is 3.12. The summed E-state index contributed by atoms with van der Waals surface area (Å²) >= 11 is 0. The minimum atomic E-state index is -0.297. The third-order valence-corrected chi connectivity index (χ3v) is 6.05. The number of aromatic nitrogens is 2. The standard InChI is InChI=1S/C21H31N3O3/c1-13(2)16-7-5-14(3)11-17(16)20(25)24-18-8-6-15(27-4)12-19(18)23(10-9-22)21(24)26/h6,8,12-14,16-17H,5,7,9-11,22H2,1-4H3/t14-,16+,17-/m0/s1. The van der Waals surface area contributed by atoms with Crippen LogP contribution in [0.1, 0.15) is 44.8 Å². The molecule has 0 amide bonds. The normalized spacial score (nSPS) is 23.1. The van der Waals surface area contributed by atoms with E-state index in [2.05, 4.69) is 20.8 Å². The zero-order valence-electron chi connectivity index (χ0n) is 16.8. The maximum Gasteiger partial charge on any atom is 0.336 e. The number of hydrogen-bond acceptors (Lipinski definition) is 4. The first-order chi connectivity index (χ1) is 12.9. The number of benzene rings is 1. The van der Waals surface area contributed by atoms with Crippen molar-refractivity contribution in [3.63, 3.8) is 0 Å². The first-order valence-corrected chi connectivity index (χ1v) is 9.92. The first kappa shape index (κ1) is 19.7. The molecule has 1 heterocycles. The number of fused-ring (bicyclic) bond motifs is 1. The molecule has 1 aromatic carbocycles. The molecule has 148 valence electrons. The molecule has 0 aliphatic heterocycles. The van der Waals surface area contributed by atoms with Crippen molar-refractivity contribution in [2.45, 2.75) is 46.6 Å². The molecule has 0 bridgehead atoms. The van der Waals surface area contributed by atoms with Gasteiger partial charge in [-0.05, 0) is 42.7 Å². The molecule has 1 fully saturated rings. The van der Waals surface area contributed by atoms with Gasteiger partial charge < -0.3 is 10.5 Å². The largest absolute Gasteiger partial charge is 0.497 e. The Morgan fingerprint density at radius 2 is 2.04 bits per heavy atom. The minimum Gasteiger partial charge on any atom is -0.497 e. The molecule has 2 aromatic rings. The monoisotopic (exact) mass is 373 g/mol. The van der Waals surface area contributed by atoms with Crippen molar-refractivity contribution in [3.8, 4) is 5.75 Å². The first-order valence-electron chi connectivity index (χ1n) is 9.92. The lowest BCUT2D eigenvalue weighted by atomic mass is 9.69. The Kier molecular flexibility index (Phi) is 5.75. The molecule has 1 aliphatic carbocycles. The second-order valence-electron chi connectivity index (χ2n) is 8.18. The van der Waals surface area contributed by atoms with Gasteiger partial charge in [-0.1, -0.05) is 27.2 Å². The van der Waals surface area contributed by atoms with Gasteiger partial charge in [0.05, 0.1) is 18.1 Å². The van der Waals surface area contributed by atoms with Crippen molar-refractivity contribution in [1.29, 1.82) is 0 Å². The maximum absolute atomic E-state index is 13.6. The summed E-state index contributed by atoms with van der Waals surface area (Å²) in [6.07, 6.45) is 3.03. The van der Waals surface area contributed by atoms with Gasteiger partial charge in [-0.2, -0.15) is 0 Å². The second kappa shape index (κ2) is 7.89. The Morgan fingerprint density at radius 1 is 1.30 bits per heavy atom. The molecule has 1 aliphatic rings. The van der Waals surface area contributed by atoms with E-state index in [1.165, 1.54) is 4.57 Å². The molecule has 1 saturated carbocycles. The zero-order chi connectivity index (χ0) is 19.7. The van der Waals surface area contributed by atoms with Gasteiger partial charge in [0.15, 0.2) is 0 Å². The number of hydrogen-bond donors (Lipinski definition) is 1. The van der Waals surface area contributed by atoms with Crippen LogP contribution in [0, 0.1) is 23.7 Å². The third kappa shape index (κ3) is 3.55. The average Bonchev–Trinajstić information content (AvgIpc) is 2.92. The van der Waals surface area contributed by atoms with Crippen LogP contribution in [-0.2, 0) is 6.54 Å². The maximum atomic E-state index is 13.6. The van der Waals surface area contributed by atoms with Crippen molar-refractivity contribution in [2.75, 3.05) is 13.7 Å². The number of carbonyl (C=O) groups excluding carboxylic acids is 1. The van der Waals surface area contributed by atoms with Crippen molar-refractivity contribution < 1.29 is 9.53 Å². The van der Waals surface area contributed by atoms with E-state index in [-0.39, 0.29) is 17.5 Å². The van der Waals surface area contributed by atoms with E-state index in [1.807, 2.05) is 0 Å². The predicted molar refractivity (Wildman–Crippen MR) is 107 cm³/mol. The zero-order valence-corrected chi connectivity index (χ0v) is 16.8. The number of carbonyl (C=O) groups is 1. The van der Waals surface area contributed by atoms with E-state index in [0.29, 0.717) is 47.6 Å². The van der Waals surface area contributed by atoms with Gasteiger partial charge >= 0.3 is 5.69 Å². The van der Waals surface area contributed by atoms with E-state index in [9.17, 15) is 9.59 Å². The summed E-state index contributed by atoms with van der Waals surface area (Å²) < 4.78 is 8.27. The van der Waals surface area contributed by atoms with E-state index >= 15 is 0 Å². The molecule has 2 N–H and O–H groups in total. The molecule has 6 nitrogen and oxygen atoms in total. The fourth-order valence-electron chi connectivity index (χ4n) is 4.57. The summed E-state index contributed by atoms with van der Waals surface area (Å²) in [5, 5.41) is 0. The number of ether oxygens (including phenoxy) is 1. The molecule has 0 radical (unpaired) electrons. The number of nitrogens with zero attached hydrogens (tertiary/aromatic N) is 2. The van der Waals surface area contributed by atoms with Crippen LogP contribution in [0.2, 0.25) is 0 Å².